The molecule has 0 aliphatic carbocycles. The average molecular weight is 271 g/mol. The lowest BCUT2D eigenvalue weighted by molar-refractivity contribution is 0.125. The molecule has 0 aromatic rings. The fourth-order valence-corrected chi connectivity index (χ4v) is 2.40. The summed E-state index contributed by atoms with van der Waals surface area (Å²) < 4.78 is 0. The van der Waals surface area contributed by atoms with Gasteiger partial charge in [0.05, 0.1) is 0 Å². The number of nitrogens with one attached hydrogen (secondary N) is 1. The van der Waals surface area contributed by atoms with E-state index in [4.69, 9.17) is 0 Å². The first-order chi connectivity index (χ1) is 8.88. The van der Waals surface area contributed by atoms with Crippen LogP contribution in [-0.2, 0) is 0 Å². The molecule has 0 aromatic heterocycles. The maximum absolute atomic E-state index is 3.60. The molecular formula is C16H37N3. The summed E-state index contributed by atoms with van der Waals surface area (Å²) >= 11 is 0. The van der Waals surface area contributed by atoms with Gasteiger partial charge in [0.15, 0.2) is 0 Å². The van der Waals surface area contributed by atoms with E-state index in [9.17, 15) is 0 Å². The Morgan fingerprint density at radius 2 is 1.63 bits per heavy atom. The Hall–Kier alpha value is -0.120. The minimum absolute atomic E-state index is 0.647. The van der Waals surface area contributed by atoms with Crippen molar-refractivity contribution in [2.24, 2.45) is 11.8 Å². The maximum atomic E-state index is 3.60. The van der Waals surface area contributed by atoms with Gasteiger partial charge in [-0.3, -0.25) is 4.90 Å². The highest BCUT2D eigenvalue weighted by Crippen LogP contribution is 2.12. The molecule has 0 rings (SSSR count). The highest BCUT2D eigenvalue weighted by atomic mass is 15.2. The molecule has 0 saturated carbocycles. The molecule has 0 saturated heterocycles. The lowest BCUT2D eigenvalue weighted by atomic mass is 10.0. The summed E-state index contributed by atoms with van der Waals surface area (Å²) in [6, 6.07) is 0.647. The molecule has 0 spiro atoms. The van der Waals surface area contributed by atoms with Crippen molar-refractivity contribution < 1.29 is 0 Å². The fraction of sp³-hybridized carbons (Fsp3) is 1.00. The van der Waals surface area contributed by atoms with Gasteiger partial charge in [0.1, 0.15) is 0 Å². The second-order valence-electron chi connectivity index (χ2n) is 6.71. The summed E-state index contributed by atoms with van der Waals surface area (Å²) in [6.45, 7) is 17.3. The maximum Gasteiger partial charge on any atom is 0.0244 e. The zero-order valence-corrected chi connectivity index (χ0v) is 14.4. The highest BCUT2D eigenvalue weighted by Gasteiger charge is 2.22. The zero-order valence-electron chi connectivity index (χ0n) is 14.4. The predicted molar refractivity (Wildman–Crippen MR) is 86.8 cm³/mol. The quantitative estimate of drug-likeness (QED) is 0.583. The van der Waals surface area contributed by atoms with Crippen molar-refractivity contribution in [3.63, 3.8) is 0 Å². The summed E-state index contributed by atoms with van der Waals surface area (Å²) in [7, 11) is 4.32. The zero-order chi connectivity index (χ0) is 14.8. The van der Waals surface area contributed by atoms with Crippen LogP contribution in [0.15, 0.2) is 0 Å². The third-order valence-electron chi connectivity index (χ3n) is 3.45. The molecule has 0 aliphatic heterocycles. The first-order valence-electron chi connectivity index (χ1n) is 7.97. The molecule has 19 heavy (non-hydrogen) atoms. The van der Waals surface area contributed by atoms with Crippen LogP contribution in [0.1, 0.15) is 41.0 Å². The van der Waals surface area contributed by atoms with Crippen molar-refractivity contribution >= 4 is 0 Å². The van der Waals surface area contributed by atoms with E-state index in [-0.39, 0.29) is 0 Å². The van der Waals surface area contributed by atoms with Gasteiger partial charge in [-0.15, -0.1) is 0 Å². The van der Waals surface area contributed by atoms with Gasteiger partial charge in [-0.05, 0) is 38.9 Å². The van der Waals surface area contributed by atoms with E-state index in [1.807, 2.05) is 0 Å². The molecule has 0 aromatic carbocycles. The third-order valence-corrected chi connectivity index (χ3v) is 3.45. The van der Waals surface area contributed by atoms with Gasteiger partial charge in [-0.25, -0.2) is 0 Å². The van der Waals surface area contributed by atoms with E-state index in [1.165, 1.54) is 19.5 Å². The Bertz CT molecular complexity index is 202. The van der Waals surface area contributed by atoms with Gasteiger partial charge in [0.25, 0.3) is 0 Å². The van der Waals surface area contributed by atoms with Crippen molar-refractivity contribution in [1.82, 2.24) is 15.1 Å². The number of rotatable bonds is 11. The number of hydrogen-bond acceptors (Lipinski definition) is 3. The smallest absolute Gasteiger partial charge is 0.0244 e. The lowest BCUT2D eigenvalue weighted by Crippen LogP contribution is -2.49. The van der Waals surface area contributed by atoms with Gasteiger partial charge in [0.2, 0.25) is 0 Å². The number of hydrogen-bond donors (Lipinski definition) is 1. The van der Waals surface area contributed by atoms with Crippen LogP contribution in [0.5, 0.6) is 0 Å². The van der Waals surface area contributed by atoms with Crippen molar-refractivity contribution in [3.8, 4) is 0 Å². The van der Waals surface area contributed by atoms with Crippen molar-refractivity contribution in [2.75, 3.05) is 46.8 Å². The van der Waals surface area contributed by atoms with E-state index >= 15 is 0 Å². The summed E-state index contributed by atoms with van der Waals surface area (Å²) in [5, 5.41) is 3.60. The Morgan fingerprint density at radius 1 is 1.00 bits per heavy atom. The summed E-state index contributed by atoms with van der Waals surface area (Å²) in [6.07, 6.45) is 1.21. The van der Waals surface area contributed by atoms with E-state index in [0.717, 1.165) is 25.6 Å². The molecule has 0 bridgehead atoms. The fourth-order valence-electron chi connectivity index (χ4n) is 2.40. The molecule has 0 fully saturated rings. The van der Waals surface area contributed by atoms with E-state index < -0.39 is 0 Å². The summed E-state index contributed by atoms with van der Waals surface area (Å²) in [5.41, 5.74) is 0. The first kappa shape index (κ1) is 18.9. The van der Waals surface area contributed by atoms with E-state index in [2.05, 4.69) is 63.8 Å². The molecule has 0 radical (unpaired) electrons. The van der Waals surface area contributed by atoms with Crippen LogP contribution in [0.25, 0.3) is 0 Å². The minimum atomic E-state index is 0.647. The van der Waals surface area contributed by atoms with Gasteiger partial charge < -0.3 is 10.2 Å². The molecule has 0 aliphatic rings. The predicted octanol–water partition coefficient (Wildman–Crippen LogP) is 2.53. The topological polar surface area (TPSA) is 18.5 Å². The van der Waals surface area contributed by atoms with Crippen LogP contribution in [0.2, 0.25) is 0 Å². The first-order valence-corrected chi connectivity index (χ1v) is 7.97. The SMILES string of the molecule is CCCNCC(C(C)C)N(CCN(C)C)CC(C)C. The standard InChI is InChI=1S/C16H37N3/c1-8-9-17-12-16(15(4)5)19(13-14(2)3)11-10-18(6)7/h14-17H,8-13H2,1-7H3. The molecule has 1 atom stereocenters. The van der Waals surface area contributed by atoms with Crippen LogP contribution in [-0.4, -0.2) is 62.7 Å². The molecule has 1 unspecified atom stereocenters. The molecule has 3 heteroatoms. The molecule has 1 N–H and O–H groups in total. The molecular weight excluding hydrogens is 234 g/mol. The van der Waals surface area contributed by atoms with Gasteiger partial charge in [-0.2, -0.15) is 0 Å². The Labute approximate surface area is 121 Å². The van der Waals surface area contributed by atoms with E-state index in [1.54, 1.807) is 0 Å². The van der Waals surface area contributed by atoms with Gasteiger partial charge in [0, 0.05) is 32.2 Å². The van der Waals surface area contributed by atoms with Crippen LogP contribution < -0.4 is 5.32 Å². The summed E-state index contributed by atoms with van der Waals surface area (Å²) in [4.78, 5) is 4.96. The molecule has 0 heterocycles. The molecule has 0 amide bonds. The molecule has 3 nitrogen and oxygen atoms in total. The third kappa shape index (κ3) is 9.42. The van der Waals surface area contributed by atoms with Crippen LogP contribution in [0.3, 0.4) is 0 Å². The lowest BCUT2D eigenvalue weighted by Gasteiger charge is -2.36. The summed E-state index contributed by atoms with van der Waals surface area (Å²) in [5.74, 6) is 1.43. The minimum Gasteiger partial charge on any atom is -0.315 e. The number of likely N-dealkylation sites (N-methyl/N-ethyl adjacent to an activating group) is 1. The van der Waals surface area contributed by atoms with E-state index in [0.29, 0.717) is 12.0 Å². The second kappa shape index (κ2) is 10.6. The monoisotopic (exact) mass is 271 g/mol. The average Bonchev–Trinajstić information content (AvgIpc) is 2.29. The van der Waals surface area contributed by atoms with Crippen LogP contribution in [0, 0.1) is 11.8 Å². The Kier molecular flexibility index (Phi) is 10.6. The number of nitrogens with zero attached hydrogens (tertiary/aromatic N) is 2. The van der Waals surface area contributed by atoms with Crippen LogP contribution in [0.4, 0.5) is 0 Å². The van der Waals surface area contributed by atoms with Crippen molar-refractivity contribution in [3.05, 3.63) is 0 Å². The second-order valence-corrected chi connectivity index (χ2v) is 6.71. The van der Waals surface area contributed by atoms with Crippen LogP contribution >= 0.6 is 0 Å². The van der Waals surface area contributed by atoms with Gasteiger partial charge in [-0.1, -0.05) is 34.6 Å². The normalized spacial score (nSPS) is 14.1. The molecule has 116 valence electrons. The van der Waals surface area contributed by atoms with Crippen molar-refractivity contribution in [1.29, 1.82) is 0 Å². The van der Waals surface area contributed by atoms with Crippen molar-refractivity contribution in [2.45, 2.75) is 47.1 Å². The Balaban J connectivity index is 4.51. The largest absolute Gasteiger partial charge is 0.315 e. The highest BCUT2D eigenvalue weighted by molar-refractivity contribution is 4.78. The Morgan fingerprint density at radius 3 is 2.05 bits per heavy atom. The van der Waals surface area contributed by atoms with Gasteiger partial charge >= 0.3 is 0 Å².